The first kappa shape index (κ1) is 15.3. The summed E-state index contributed by atoms with van der Waals surface area (Å²) in [6.45, 7) is 7.08. The summed E-state index contributed by atoms with van der Waals surface area (Å²) >= 11 is 9.95. The molecule has 0 radical (unpaired) electrons. The van der Waals surface area contributed by atoms with Crippen molar-refractivity contribution in [2.75, 3.05) is 11.9 Å². The number of rotatable bonds is 7. The molecule has 0 saturated heterocycles. The predicted octanol–water partition coefficient (Wildman–Crippen LogP) is 4.00. The van der Waals surface area contributed by atoms with Crippen LogP contribution in [0.2, 0.25) is 5.02 Å². The Morgan fingerprint density at radius 1 is 1.47 bits per heavy atom. The molecule has 19 heavy (non-hydrogen) atoms. The van der Waals surface area contributed by atoms with E-state index >= 15 is 0 Å². The van der Waals surface area contributed by atoms with E-state index in [0.717, 1.165) is 41.7 Å². The Morgan fingerprint density at radius 2 is 2.21 bits per heavy atom. The average molecular weight is 349 g/mol. The quantitative estimate of drug-likeness (QED) is 0.694. The highest BCUT2D eigenvalue weighted by atomic mass is 79.9. The second-order valence-electron chi connectivity index (χ2n) is 5.26. The van der Waals surface area contributed by atoms with Crippen LogP contribution in [0.4, 0.5) is 0 Å². The maximum Gasteiger partial charge on any atom is 0.0860 e. The first-order valence-electron chi connectivity index (χ1n) is 7.19. The predicted molar refractivity (Wildman–Crippen MR) is 84.1 cm³/mol. The minimum Gasteiger partial charge on any atom is -0.294 e. The van der Waals surface area contributed by atoms with E-state index in [2.05, 4.69) is 37.5 Å². The molecule has 0 spiro atoms. The topological polar surface area (TPSA) is 21.1 Å². The summed E-state index contributed by atoms with van der Waals surface area (Å²) < 4.78 is 2.05. The molecule has 108 valence electrons. The SMILES string of the molecule is CCn1nc(C)c(Cl)c1CN(CCCBr)C1CCC1. The van der Waals surface area contributed by atoms with Gasteiger partial charge in [0, 0.05) is 24.5 Å². The lowest BCUT2D eigenvalue weighted by Crippen LogP contribution is -2.40. The zero-order chi connectivity index (χ0) is 13.8. The van der Waals surface area contributed by atoms with Gasteiger partial charge in [-0.2, -0.15) is 5.10 Å². The Bertz CT molecular complexity index is 415. The molecule has 0 unspecified atom stereocenters. The van der Waals surface area contributed by atoms with E-state index < -0.39 is 0 Å². The van der Waals surface area contributed by atoms with Crippen LogP contribution in [-0.4, -0.2) is 32.6 Å². The van der Waals surface area contributed by atoms with Crippen LogP contribution < -0.4 is 0 Å². The van der Waals surface area contributed by atoms with Crippen molar-refractivity contribution in [3.63, 3.8) is 0 Å². The van der Waals surface area contributed by atoms with E-state index in [0.29, 0.717) is 0 Å². The van der Waals surface area contributed by atoms with E-state index in [9.17, 15) is 0 Å². The highest BCUT2D eigenvalue weighted by molar-refractivity contribution is 9.09. The Balaban J connectivity index is 2.11. The Morgan fingerprint density at radius 3 is 2.74 bits per heavy atom. The smallest absolute Gasteiger partial charge is 0.0860 e. The van der Waals surface area contributed by atoms with Crippen molar-refractivity contribution in [1.29, 1.82) is 0 Å². The Hall–Kier alpha value is -0.0600. The van der Waals surface area contributed by atoms with Gasteiger partial charge in [0.25, 0.3) is 0 Å². The molecule has 0 amide bonds. The number of aromatic nitrogens is 2. The monoisotopic (exact) mass is 347 g/mol. The highest BCUT2D eigenvalue weighted by Gasteiger charge is 2.26. The summed E-state index contributed by atoms with van der Waals surface area (Å²) in [7, 11) is 0. The van der Waals surface area contributed by atoms with E-state index in [1.165, 1.54) is 31.4 Å². The van der Waals surface area contributed by atoms with Crippen molar-refractivity contribution in [3.05, 3.63) is 16.4 Å². The zero-order valence-electron chi connectivity index (χ0n) is 11.8. The zero-order valence-corrected chi connectivity index (χ0v) is 14.2. The van der Waals surface area contributed by atoms with Crippen LogP contribution in [0.1, 0.15) is 44.0 Å². The molecule has 0 aromatic carbocycles. The van der Waals surface area contributed by atoms with E-state index in [-0.39, 0.29) is 0 Å². The maximum atomic E-state index is 6.42. The molecule has 1 aromatic rings. The van der Waals surface area contributed by atoms with Crippen molar-refractivity contribution >= 4 is 27.5 Å². The summed E-state index contributed by atoms with van der Waals surface area (Å²) in [6, 6.07) is 0.746. The molecule has 0 N–H and O–H groups in total. The van der Waals surface area contributed by atoms with Crippen LogP contribution >= 0.6 is 27.5 Å². The van der Waals surface area contributed by atoms with E-state index in [1.54, 1.807) is 0 Å². The molecule has 0 bridgehead atoms. The van der Waals surface area contributed by atoms with E-state index in [1.807, 2.05) is 6.92 Å². The minimum atomic E-state index is 0.746. The lowest BCUT2D eigenvalue weighted by molar-refractivity contribution is 0.117. The summed E-state index contributed by atoms with van der Waals surface area (Å²) in [5.74, 6) is 0. The van der Waals surface area contributed by atoms with Crippen LogP contribution in [0.5, 0.6) is 0 Å². The molecule has 1 saturated carbocycles. The van der Waals surface area contributed by atoms with Gasteiger partial charge in [-0.3, -0.25) is 9.58 Å². The molecule has 0 aliphatic heterocycles. The number of aryl methyl sites for hydroxylation is 2. The third kappa shape index (κ3) is 3.53. The van der Waals surface area contributed by atoms with E-state index in [4.69, 9.17) is 11.6 Å². The minimum absolute atomic E-state index is 0.746. The van der Waals surface area contributed by atoms with Gasteiger partial charge < -0.3 is 0 Å². The molecule has 1 aliphatic rings. The van der Waals surface area contributed by atoms with Crippen molar-refractivity contribution in [2.24, 2.45) is 0 Å². The first-order chi connectivity index (χ1) is 9.17. The van der Waals surface area contributed by atoms with Crippen molar-refractivity contribution in [1.82, 2.24) is 14.7 Å². The van der Waals surface area contributed by atoms with Crippen LogP contribution in [0.15, 0.2) is 0 Å². The Labute approximate surface area is 129 Å². The van der Waals surface area contributed by atoms with Gasteiger partial charge in [0.2, 0.25) is 0 Å². The lowest BCUT2D eigenvalue weighted by atomic mass is 9.91. The molecular weight excluding hydrogens is 326 g/mol. The summed E-state index contributed by atoms with van der Waals surface area (Å²) in [6.07, 6.45) is 5.22. The highest BCUT2D eigenvalue weighted by Crippen LogP contribution is 2.29. The Kier molecular flexibility index (Phi) is 5.72. The van der Waals surface area contributed by atoms with Gasteiger partial charge in [0.15, 0.2) is 0 Å². The van der Waals surface area contributed by atoms with Crippen LogP contribution in [0.25, 0.3) is 0 Å². The summed E-state index contributed by atoms with van der Waals surface area (Å²) in [5.41, 5.74) is 2.13. The van der Waals surface area contributed by atoms with Crippen molar-refractivity contribution < 1.29 is 0 Å². The third-order valence-corrected chi connectivity index (χ3v) is 5.03. The fourth-order valence-electron chi connectivity index (χ4n) is 2.62. The molecule has 3 nitrogen and oxygen atoms in total. The standard InChI is InChI=1S/C14H23BrClN3/c1-3-19-13(14(16)11(2)17-19)10-18(9-5-8-15)12-6-4-7-12/h12H,3-10H2,1-2H3. The van der Waals surface area contributed by atoms with Gasteiger partial charge in [0.05, 0.1) is 16.4 Å². The molecule has 1 fully saturated rings. The summed E-state index contributed by atoms with van der Waals surface area (Å²) in [4.78, 5) is 2.58. The van der Waals surface area contributed by atoms with Gasteiger partial charge >= 0.3 is 0 Å². The average Bonchev–Trinajstić information content (AvgIpc) is 2.61. The second-order valence-corrected chi connectivity index (χ2v) is 6.43. The molecule has 5 heteroatoms. The first-order valence-corrected chi connectivity index (χ1v) is 8.69. The van der Waals surface area contributed by atoms with Gasteiger partial charge in [-0.15, -0.1) is 0 Å². The van der Waals surface area contributed by atoms with Crippen molar-refractivity contribution in [3.8, 4) is 0 Å². The number of halogens is 2. The second kappa shape index (κ2) is 7.09. The molecule has 1 heterocycles. The molecule has 2 rings (SSSR count). The van der Waals surface area contributed by atoms with Gasteiger partial charge in [-0.25, -0.2) is 0 Å². The molecule has 1 aromatic heterocycles. The van der Waals surface area contributed by atoms with Crippen LogP contribution in [0, 0.1) is 6.92 Å². The fraction of sp³-hybridized carbons (Fsp3) is 0.786. The van der Waals surface area contributed by atoms with Crippen molar-refractivity contribution in [2.45, 2.75) is 58.7 Å². The third-order valence-electron chi connectivity index (χ3n) is 3.98. The number of hydrogen-bond donors (Lipinski definition) is 0. The lowest BCUT2D eigenvalue weighted by Gasteiger charge is -2.37. The van der Waals surface area contributed by atoms with Crippen LogP contribution in [-0.2, 0) is 13.1 Å². The largest absolute Gasteiger partial charge is 0.294 e. The number of hydrogen-bond acceptors (Lipinski definition) is 2. The number of nitrogens with zero attached hydrogens (tertiary/aromatic N) is 3. The normalized spacial score (nSPS) is 16.1. The molecule has 0 atom stereocenters. The van der Waals surface area contributed by atoms with Gasteiger partial charge in [0.1, 0.15) is 0 Å². The van der Waals surface area contributed by atoms with Crippen LogP contribution in [0.3, 0.4) is 0 Å². The molecular formula is C14H23BrClN3. The maximum absolute atomic E-state index is 6.42. The summed E-state index contributed by atoms with van der Waals surface area (Å²) in [5, 5.41) is 6.43. The number of alkyl halides is 1. The van der Waals surface area contributed by atoms with Gasteiger partial charge in [-0.1, -0.05) is 34.0 Å². The molecule has 1 aliphatic carbocycles. The fourth-order valence-corrected chi connectivity index (χ4v) is 3.06. The van der Waals surface area contributed by atoms with Gasteiger partial charge in [-0.05, 0) is 39.7 Å².